The molecule has 0 amide bonds. The quantitative estimate of drug-likeness (QED) is 0.641. The van der Waals surface area contributed by atoms with E-state index >= 15 is 0 Å². The molecule has 0 N–H and O–H groups in total. The molecule has 2 atom stereocenters. The van der Waals surface area contributed by atoms with Gasteiger partial charge in [0, 0.05) is 23.6 Å². The summed E-state index contributed by atoms with van der Waals surface area (Å²) >= 11 is 11.1. The minimum absolute atomic E-state index is 0.353. The Morgan fingerprint density at radius 2 is 2.25 bits per heavy atom. The lowest BCUT2D eigenvalue weighted by Gasteiger charge is -1.92. The van der Waals surface area contributed by atoms with Crippen molar-refractivity contribution in [1.29, 1.82) is 0 Å². The summed E-state index contributed by atoms with van der Waals surface area (Å²) in [4.78, 5) is 0. The summed E-state index contributed by atoms with van der Waals surface area (Å²) in [5.74, 6) is 0. The molecular weight excluding hydrogens is 206 g/mol. The molecule has 0 aromatic carbocycles. The normalized spacial score (nSPS) is 12.2. The van der Waals surface area contributed by atoms with Crippen LogP contribution in [0.1, 0.15) is 0 Å². The SMILES string of the molecule is Cln1pn[pH]n(Cl)[pH]1. The average molecular weight is 208 g/mol. The van der Waals surface area contributed by atoms with Gasteiger partial charge in [-0.15, -0.1) is 0 Å². The monoisotopic (exact) mass is 207 g/mol. The lowest BCUT2D eigenvalue weighted by atomic mass is 13.8. The molecule has 0 saturated carbocycles. The Labute approximate surface area is 61.2 Å². The van der Waals surface area contributed by atoms with Crippen LogP contribution >= 0.6 is 49.1 Å². The van der Waals surface area contributed by atoms with Crippen molar-refractivity contribution in [2.75, 3.05) is 0 Å². The maximum absolute atomic E-state index is 5.55. The highest BCUT2D eigenvalue weighted by molar-refractivity contribution is 7.47. The number of hydrogen-bond acceptors (Lipinski definition) is 1. The second-order valence-corrected chi connectivity index (χ2v) is 6.64. The summed E-state index contributed by atoms with van der Waals surface area (Å²) in [6.45, 7) is 0. The summed E-state index contributed by atoms with van der Waals surface area (Å²) in [6.07, 6.45) is 0. The molecule has 1 heterocycles. The smallest absolute Gasteiger partial charge is 0.158 e. The lowest BCUT2D eigenvalue weighted by Crippen LogP contribution is -1.69. The number of rotatable bonds is 0. The molecule has 0 fully saturated rings. The molecule has 0 radical (unpaired) electrons. The average Bonchev–Trinajstić information content (AvgIpc) is 1.64. The van der Waals surface area contributed by atoms with Gasteiger partial charge in [0.1, 0.15) is 0 Å². The topological polar surface area (TPSA) is 22.8 Å². The summed E-state index contributed by atoms with van der Waals surface area (Å²) in [5.41, 5.74) is 0. The van der Waals surface area contributed by atoms with E-state index in [9.17, 15) is 0 Å². The van der Waals surface area contributed by atoms with E-state index in [0.29, 0.717) is 17.0 Å². The van der Waals surface area contributed by atoms with Crippen molar-refractivity contribution in [3.05, 3.63) is 0 Å². The molecule has 3 nitrogen and oxygen atoms in total. The Bertz CT molecular complexity index is 172. The lowest BCUT2D eigenvalue weighted by molar-refractivity contribution is 1.53. The fourth-order valence-electron chi connectivity index (χ4n) is 0.213. The minimum atomic E-state index is 0.353. The largest absolute Gasteiger partial charge is 0.206 e. The first-order valence-electron chi connectivity index (χ1n) is 1.63. The molecule has 1 aromatic heterocycles. The van der Waals surface area contributed by atoms with Gasteiger partial charge in [0.05, 0.1) is 17.0 Å². The van der Waals surface area contributed by atoms with E-state index < -0.39 is 0 Å². The van der Waals surface area contributed by atoms with Gasteiger partial charge in [0.25, 0.3) is 0 Å². The molecule has 0 aliphatic heterocycles. The van der Waals surface area contributed by atoms with Gasteiger partial charge in [-0.25, -0.2) is 3.61 Å². The molecule has 0 bridgehead atoms. The predicted molar refractivity (Wildman–Crippen MR) is 41.9 cm³/mol. The van der Waals surface area contributed by atoms with Crippen molar-refractivity contribution >= 4 is 49.1 Å². The van der Waals surface area contributed by atoms with Crippen LogP contribution in [-0.2, 0) is 0 Å². The van der Waals surface area contributed by atoms with Crippen LogP contribution in [0.3, 0.4) is 0 Å². The van der Waals surface area contributed by atoms with Gasteiger partial charge in [0.2, 0.25) is 0 Å². The van der Waals surface area contributed by atoms with Gasteiger partial charge < -0.3 is 0 Å². The molecule has 0 spiro atoms. The van der Waals surface area contributed by atoms with Crippen molar-refractivity contribution in [3.8, 4) is 0 Å². The fraction of sp³-hybridized carbons (Fsp3) is 0. The first kappa shape index (κ1) is 6.99. The third kappa shape index (κ3) is 2.01. The Morgan fingerprint density at radius 3 is 2.62 bits per heavy atom. The van der Waals surface area contributed by atoms with Crippen molar-refractivity contribution in [3.63, 3.8) is 0 Å². The minimum Gasteiger partial charge on any atom is -0.206 e. The van der Waals surface area contributed by atoms with Crippen LogP contribution in [0.2, 0.25) is 0 Å². The van der Waals surface area contributed by atoms with Crippen molar-refractivity contribution in [2.24, 2.45) is 0 Å². The molecule has 0 aliphatic carbocycles. The first-order valence-corrected chi connectivity index (χ1v) is 4.90. The highest BCUT2D eigenvalue weighted by Crippen LogP contribution is 2.19. The Balaban J connectivity index is 3.08. The van der Waals surface area contributed by atoms with E-state index in [1.54, 1.807) is 3.61 Å². The van der Waals surface area contributed by atoms with E-state index in [-0.39, 0.29) is 0 Å². The third-order valence-corrected chi connectivity index (χ3v) is 3.83. The summed E-state index contributed by atoms with van der Waals surface area (Å²) in [5, 5.41) is 0. The van der Waals surface area contributed by atoms with E-state index in [0.717, 1.165) is 8.51 Å². The van der Waals surface area contributed by atoms with Crippen LogP contribution < -0.4 is 0 Å². The zero-order valence-electron chi connectivity index (χ0n) is 3.54. The third-order valence-electron chi connectivity index (χ3n) is 0.426. The Hall–Kier alpha value is 0.880. The van der Waals surface area contributed by atoms with Crippen LogP contribution in [0.25, 0.3) is 0 Å². The zero-order chi connectivity index (χ0) is 5.98. The Kier molecular flexibility index (Phi) is 2.75. The molecule has 1 rings (SSSR count). The maximum Gasteiger partial charge on any atom is 0.158 e. The highest BCUT2D eigenvalue weighted by Gasteiger charge is 1.80. The molecule has 8 heteroatoms. The van der Waals surface area contributed by atoms with E-state index in [4.69, 9.17) is 23.6 Å². The van der Waals surface area contributed by atoms with E-state index in [1.807, 2.05) is 0 Å². The van der Waals surface area contributed by atoms with E-state index in [1.165, 1.54) is 3.61 Å². The summed E-state index contributed by atoms with van der Waals surface area (Å²) in [7, 11) is 1.53. The van der Waals surface area contributed by atoms with Gasteiger partial charge >= 0.3 is 0 Å². The van der Waals surface area contributed by atoms with Crippen molar-refractivity contribution in [2.45, 2.75) is 0 Å². The van der Waals surface area contributed by atoms with Gasteiger partial charge in [-0.3, -0.25) is 0 Å². The molecule has 2 unspecified atom stereocenters. The molecule has 46 valence electrons. The second kappa shape index (κ2) is 3.15. The van der Waals surface area contributed by atoms with Crippen LogP contribution in [0.15, 0.2) is 0 Å². The maximum atomic E-state index is 5.55. The molecular formula is H2Cl2N3P3. The van der Waals surface area contributed by atoms with Gasteiger partial charge in [0.15, 0.2) is 8.51 Å². The van der Waals surface area contributed by atoms with Gasteiger partial charge in [-0.1, -0.05) is 0 Å². The van der Waals surface area contributed by atoms with Crippen LogP contribution in [0.5, 0.6) is 0 Å². The number of aromatic nitrogens is 3. The van der Waals surface area contributed by atoms with Crippen LogP contribution in [0.4, 0.5) is 0 Å². The first-order chi connectivity index (χ1) is 3.79. The molecule has 0 saturated heterocycles. The van der Waals surface area contributed by atoms with Crippen molar-refractivity contribution < 1.29 is 0 Å². The fourth-order valence-corrected chi connectivity index (χ4v) is 4.64. The zero-order valence-corrected chi connectivity index (χ0v) is 7.95. The molecule has 0 aliphatic rings. The van der Waals surface area contributed by atoms with E-state index in [2.05, 4.69) is 4.51 Å². The van der Waals surface area contributed by atoms with Gasteiger partial charge in [-0.05, 0) is 0 Å². The molecule has 8 heavy (non-hydrogen) atoms. The standard InChI is InChI=1S/Cl2H2N3P3/c1-4-6-3-7-5(2)8-4/h6,8H. The number of hydrogen-bond donors (Lipinski definition) is 0. The highest BCUT2D eigenvalue weighted by atomic mass is 35.5. The Morgan fingerprint density at radius 1 is 1.50 bits per heavy atom. The number of nitrogens with zero attached hydrogens (tertiary/aromatic N) is 3. The molecule has 1 aromatic rings. The number of halogens is 2. The predicted octanol–water partition coefficient (Wildman–Crippen LogP) is 2.46. The van der Waals surface area contributed by atoms with Crippen molar-refractivity contribution in [1.82, 2.24) is 11.7 Å². The van der Waals surface area contributed by atoms with Gasteiger partial charge in [-0.2, -0.15) is 8.12 Å². The van der Waals surface area contributed by atoms with Crippen LogP contribution in [0, 0.1) is 0 Å². The second-order valence-electron chi connectivity index (χ2n) is 0.930. The summed E-state index contributed by atoms with van der Waals surface area (Å²) < 4.78 is 7.01. The van der Waals surface area contributed by atoms with Crippen LogP contribution in [-0.4, -0.2) is 11.7 Å². The summed E-state index contributed by atoms with van der Waals surface area (Å²) in [6, 6.07) is 0.